The molecule has 10 heteroatoms. The summed E-state index contributed by atoms with van der Waals surface area (Å²) in [5, 5.41) is 25.8. The van der Waals surface area contributed by atoms with E-state index in [0.29, 0.717) is 30.3 Å². The van der Waals surface area contributed by atoms with E-state index in [1.807, 2.05) is 29.0 Å². The van der Waals surface area contributed by atoms with Crippen LogP contribution in [0.3, 0.4) is 0 Å². The van der Waals surface area contributed by atoms with Crippen LogP contribution in [0.2, 0.25) is 0 Å². The fourth-order valence-corrected chi connectivity index (χ4v) is 6.42. The number of imidazole rings is 1. The van der Waals surface area contributed by atoms with Crippen LogP contribution in [0.1, 0.15) is 37.5 Å². The molecule has 6 rings (SSSR count). The van der Waals surface area contributed by atoms with Gasteiger partial charge in [0.05, 0.1) is 28.6 Å². The summed E-state index contributed by atoms with van der Waals surface area (Å²) in [6.07, 6.45) is 7.00. The molecule has 0 radical (unpaired) electrons. The van der Waals surface area contributed by atoms with Gasteiger partial charge in [0.1, 0.15) is 29.7 Å². The van der Waals surface area contributed by atoms with Crippen molar-refractivity contribution < 1.29 is 10.2 Å². The Hall–Kier alpha value is -2.53. The topological polar surface area (TPSA) is 138 Å². The molecule has 36 heavy (non-hydrogen) atoms. The number of aliphatic hydroxyl groups is 2. The Balaban J connectivity index is 0.953. The van der Waals surface area contributed by atoms with Gasteiger partial charge in [0.15, 0.2) is 0 Å². The molecule has 3 heterocycles. The first-order valence-electron chi connectivity index (χ1n) is 12.7. The molecule has 0 amide bonds. The Morgan fingerprint density at radius 2 is 1.94 bits per heavy atom. The van der Waals surface area contributed by atoms with Gasteiger partial charge >= 0.3 is 0 Å². The fraction of sp³-hybridized carbons (Fsp3) is 0.500. The van der Waals surface area contributed by atoms with Gasteiger partial charge in [-0.1, -0.05) is 15.9 Å². The maximum Gasteiger partial charge on any atom is 0.145 e. The minimum absolute atomic E-state index is 0.00868. The molecule has 0 bridgehead atoms. The highest BCUT2D eigenvalue weighted by atomic mass is 79.9. The predicted octanol–water partition coefficient (Wildman–Crippen LogP) is 3.18. The van der Waals surface area contributed by atoms with Crippen molar-refractivity contribution in [3.8, 4) is 0 Å². The lowest BCUT2D eigenvalue weighted by atomic mass is 9.72. The third-order valence-corrected chi connectivity index (χ3v) is 8.62. The number of nitrogens with zero attached hydrogens (tertiary/aromatic N) is 4. The standard InChI is InChI=1S/C26H32BrN7O2/c27-17-2-3-19-20(10-17)33-22(32-19)4-1-14-7-15(8-14)11-29-12-16-9-21(24(36)23(16)35)34-6-5-18-25(28)30-13-31-26(18)34/h2-3,5-6,10,13-16,21,23-24,29,35-36H,1,4,7-9,11-12H2,(H,32,33)(H2,28,30,31)/t14-,15-,16-,21-,23-,24+/m1/s1. The van der Waals surface area contributed by atoms with Gasteiger partial charge in [-0.3, -0.25) is 0 Å². The molecule has 0 unspecified atom stereocenters. The summed E-state index contributed by atoms with van der Waals surface area (Å²) in [5.74, 6) is 2.91. The summed E-state index contributed by atoms with van der Waals surface area (Å²) in [5.41, 5.74) is 8.76. The van der Waals surface area contributed by atoms with Crippen molar-refractivity contribution in [2.24, 2.45) is 17.8 Å². The first-order valence-corrected chi connectivity index (χ1v) is 13.5. The summed E-state index contributed by atoms with van der Waals surface area (Å²) >= 11 is 3.51. The Morgan fingerprint density at radius 3 is 2.81 bits per heavy atom. The molecular weight excluding hydrogens is 522 g/mol. The van der Waals surface area contributed by atoms with Crippen molar-refractivity contribution in [3.05, 3.63) is 47.1 Å². The van der Waals surface area contributed by atoms with Gasteiger partial charge in [-0.25, -0.2) is 15.0 Å². The Kier molecular flexibility index (Phi) is 6.45. The number of anilines is 1. The van der Waals surface area contributed by atoms with E-state index < -0.39 is 12.2 Å². The van der Waals surface area contributed by atoms with Gasteiger partial charge in [-0.2, -0.15) is 0 Å². The number of fused-ring (bicyclic) bond motifs is 2. The van der Waals surface area contributed by atoms with Gasteiger partial charge in [0, 0.05) is 29.6 Å². The second-order valence-electron chi connectivity index (χ2n) is 10.5. The summed E-state index contributed by atoms with van der Waals surface area (Å²) in [4.78, 5) is 16.5. The fourth-order valence-electron chi connectivity index (χ4n) is 6.08. The molecule has 2 aliphatic rings. The molecule has 4 aromatic rings. The monoisotopic (exact) mass is 553 g/mol. The van der Waals surface area contributed by atoms with Crippen molar-refractivity contribution in [1.29, 1.82) is 0 Å². The van der Waals surface area contributed by atoms with Crippen LogP contribution in [-0.4, -0.2) is 60.0 Å². The van der Waals surface area contributed by atoms with Gasteiger partial charge in [0.2, 0.25) is 0 Å². The summed E-state index contributed by atoms with van der Waals surface area (Å²) in [7, 11) is 0. The van der Waals surface area contributed by atoms with E-state index in [-0.39, 0.29) is 12.0 Å². The lowest BCUT2D eigenvalue weighted by Gasteiger charge is -2.36. The number of benzene rings is 1. The number of H-pyrrole nitrogens is 1. The average Bonchev–Trinajstić information content (AvgIpc) is 3.52. The molecule has 9 nitrogen and oxygen atoms in total. The lowest BCUT2D eigenvalue weighted by Crippen LogP contribution is -2.38. The van der Waals surface area contributed by atoms with Crippen LogP contribution in [0.4, 0.5) is 5.82 Å². The molecule has 0 aliphatic heterocycles. The molecule has 0 spiro atoms. The van der Waals surface area contributed by atoms with E-state index in [0.717, 1.165) is 52.0 Å². The van der Waals surface area contributed by atoms with Crippen LogP contribution < -0.4 is 11.1 Å². The van der Waals surface area contributed by atoms with Crippen LogP contribution in [0.5, 0.6) is 0 Å². The number of nitrogen functional groups attached to an aromatic ring is 1. The molecule has 6 N–H and O–H groups in total. The van der Waals surface area contributed by atoms with Crippen LogP contribution >= 0.6 is 15.9 Å². The molecule has 4 atom stereocenters. The number of halogens is 1. The summed E-state index contributed by atoms with van der Waals surface area (Å²) < 4.78 is 2.98. The molecule has 190 valence electrons. The van der Waals surface area contributed by atoms with E-state index in [2.05, 4.69) is 42.3 Å². The Bertz CT molecular complexity index is 1370. The van der Waals surface area contributed by atoms with Crippen molar-refractivity contribution >= 4 is 43.8 Å². The zero-order valence-corrected chi connectivity index (χ0v) is 21.6. The minimum Gasteiger partial charge on any atom is -0.390 e. The quantitative estimate of drug-likeness (QED) is 0.226. The van der Waals surface area contributed by atoms with Crippen molar-refractivity contribution in [2.45, 2.75) is 50.4 Å². The van der Waals surface area contributed by atoms with Crippen molar-refractivity contribution in [1.82, 2.24) is 29.8 Å². The zero-order valence-electron chi connectivity index (χ0n) is 20.0. The predicted molar refractivity (Wildman–Crippen MR) is 142 cm³/mol. The molecule has 0 saturated heterocycles. The highest BCUT2D eigenvalue weighted by Crippen LogP contribution is 2.39. The highest BCUT2D eigenvalue weighted by Gasteiger charge is 2.42. The van der Waals surface area contributed by atoms with Crippen LogP contribution in [-0.2, 0) is 6.42 Å². The molecule has 1 aromatic carbocycles. The number of nitrogens with one attached hydrogen (secondary N) is 2. The number of aromatic nitrogens is 5. The van der Waals surface area contributed by atoms with Crippen molar-refractivity contribution in [2.75, 3.05) is 18.8 Å². The maximum atomic E-state index is 10.8. The molecule has 2 fully saturated rings. The second kappa shape index (κ2) is 9.74. The van der Waals surface area contributed by atoms with Gasteiger partial charge in [-0.15, -0.1) is 0 Å². The molecular formula is C26H32BrN7O2. The highest BCUT2D eigenvalue weighted by molar-refractivity contribution is 9.10. The van der Waals surface area contributed by atoms with E-state index in [1.165, 1.54) is 19.2 Å². The lowest BCUT2D eigenvalue weighted by molar-refractivity contribution is 0.00653. The smallest absolute Gasteiger partial charge is 0.145 e. The van der Waals surface area contributed by atoms with Gasteiger partial charge in [-0.05, 0) is 68.3 Å². The third-order valence-electron chi connectivity index (χ3n) is 8.13. The number of aryl methyl sites for hydroxylation is 1. The summed E-state index contributed by atoms with van der Waals surface area (Å²) in [6, 6.07) is 7.79. The van der Waals surface area contributed by atoms with E-state index in [4.69, 9.17) is 10.7 Å². The molecule has 3 aromatic heterocycles. The van der Waals surface area contributed by atoms with Gasteiger partial charge in [0.25, 0.3) is 0 Å². The summed E-state index contributed by atoms with van der Waals surface area (Å²) in [6.45, 7) is 1.65. The maximum absolute atomic E-state index is 10.8. The van der Waals surface area contributed by atoms with Gasteiger partial charge < -0.3 is 30.8 Å². The average molecular weight is 554 g/mol. The number of hydrogen-bond donors (Lipinski definition) is 5. The van der Waals surface area contributed by atoms with Crippen LogP contribution in [0, 0.1) is 17.8 Å². The molecule has 2 aliphatic carbocycles. The minimum atomic E-state index is -0.837. The van der Waals surface area contributed by atoms with Crippen LogP contribution in [0.15, 0.2) is 41.3 Å². The van der Waals surface area contributed by atoms with Crippen LogP contribution in [0.25, 0.3) is 22.1 Å². The molecule has 2 saturated carbocycles. The van der Waals surface area contributed by atoms with Crippen molar-refractivity contribution in [3.63, 3.8) is 0 Å². The first kappa shape index (κ1) is 23.8. The first-order chi connectivity index (χ1) is 17.5. The number of hydrogen-bond acceptors (Lipinski definition) is 7. The van der Waals surface area contributed by atoms with E-state index in [1.54, 1.807) is 0 Å². The van der Waals surface area contributed by atoms with E-state index in [9.17, 15) is 10.2 Å². The number of rotatable bonds is 8. The SMILES string of the molecule is Nc1ncnc2c1ccn2[C@@H]1C[C@H](CNC[C@H]2C[C@H](CCc3nc4cc(Br)ccc4[nH]3)C2)[C@@H](O)[C@H]1O. The Morgan fingerprint density at radius 1 is 1.08 bits per heavy atom. The largest absolute Gasteiger partial charge is 0.390 e. The normalized spacial score (nSPS) is 28.2. The number of aromatic amines is 1. The van der Waals surface area contributed by atoms with E-state index >= 15 is 0 Å². The second-order valence-corrected chi connectivity index (χ2v) is 11.4. The number of nitrogens with two attached hydrogens (primary N) is 1. The Labute approximate surface area is 217 Å². The number of aliphatic hydroxyl groups excluding tert-OH is 2. The zero-order chi connectivity index (χ0) is 24.8. The third kappa shape index (κ3) is 4.51.